The highest BCUT2D eigenvalue weighted by Crippen LogP contribution is 2.49. The lowest BCUT2D eigenvalue weighted by Crippen LogP contribution is -2.51. The summed E-state index contributed by atoms with van der Waals surface area (Å²) in [6, 6.07) is 0. The number of carbonyl (C=O) groups excluding carboxylic acids is 2. The minimum absolute atomic E-state index is 0.0544. The van der Waals surface area contributed by atoms with Crippen molar-refractivity contribution in [3.63, 3.8) is 0 Å². The molecule has 0 radical (unpaired) electrons. The Morgan fingerprint density at radius 2 is 1.92 bits per heavy atom. The lowest BCUT2D eigenvalue weighted by atomic mass is 9.64. The van der Waals surface area contributed by atoms with Crippen molar-refractivity contribution in [3.05, 3.63) is 10.1 Å². The normalized spacial score (nSPS) is 27.0. The lowest BCUT2D eigenvalue weighted by molar-refractivity contribution is -0.493. The number of rotatable bonds is 5. The maximum absolute atomic E-state index is 13.0. The smallest absolute Gasteiger partial charge is 0.320 e. The first-order valence-corrected chi connectivity index (χ1v) is 9.05. The predicted octanol–water partition coefficient (Wildman–Crippen LogP) is 3.54. The number of ketones is 1. The zero-order valence-corrected chi connectivity index (χ0v) is 15.0. The van der Waals surface area contributed by atoms with Gasteiger partial charge in [0, 0.05) is 17.3 Å². The van der Waals surface area contributed by atoms with Crippen molar-refractivity contribution in [2.24, 2.45) is 17.3 Å². The van der Waals surface area contributed by atoms with Gasteiger partial charge in [0.2, 0.25) is 6.54 Å². The summed E-state index contributed by atoms with van der Waals surface area (Å²) in [5, 5.41) is 11.3. The molecule has 0 spiro atoms. The molecule has 0 unspecified atom stereocenters. The summed E-state index contributed by atoms with van der Waals surface area (Å²) in [4.78, 5) is 36.7. The Morgan fingerprint density at radius 1 is 1.29 bits per heavy atom. The van der Waals surface area contributed by atoms with Crippen LogP contribution in [-0.2, 0) is 14.3 Å². The standard InChI is InChI=1S/C18H29NO5/c1-17(2,3)24-16(21)18(11-7-10-15(18)20)14(12-19(22)23)13-8-5-4-6-9-13/h13-14H,4-12H2,1-3H3/t14-,18+/m0/s1. The Hall–Kier alpha value is -1.46. The van der Waals surface area contributed by atoms with Crippen molar-refractivity contribution in [1.82, 2.24) is 0 Å². The molecule has 0 bridgehead atoms. The van der Waals surface area contributed by atoms with Crippen LogP contribution >= 0.6 is 0 Å². The summed E-state index contributed by atoms with van der Waals surface area (Å²) in [7, 11) is 0. The zero-order chi connectivity index (χ0) is 18.0. The van der Waals surface area contributed by atoms with Crippen LogP contribution in [0.1, 0.15) is 72.1 Å². The Bertz CT molecular complexity index is 504. The fraction of sp³-hybridized carbons (Fsp3) is 0.889. The van der Waals surface area contributed by atoms with Gasteiger partial charge >= 0.3 is 5.97 Å². The molecule has 0 heterocycles. The third kappa shape index (κ3) is 3.95. The Morgan fingerprint density at radius 3 is 2.38 bits per heavy atom. The van der Waals surface area contributed by atoms with Crippen LogP contribution in [0.4, 0.5) is 0 Å². The van der Waals surface area contributed by atoms with Crippen molar-refractivity contribution in [3.8, 4) is 0 Å². The average molecular weight is 339 g/mol. The maximum Gasteiger partial charge on any atom is 0.320 e. The van der Waals surface area contributed by atoms with E-state index < -0.39 is 22.9 Å². The van der Waals surface area contributed by atoms with Crippen LogP contribution in [0, 0.1) is 27.4 Å². The number of carbonyl (C=O) groups is 2. The van der Waals surface area contributed by atoms with E-state index >= 15 is 0 Å². The first-order chi connectivity index (χ1) is 11.2. The van der Waals surface area contributed by atoms with E-state index in [0.717, 1.165) is 32.1 Å². The van der Waals surface area contributed by atoms with Crippen molar-refractivity contribution in [2.45, 2.75) is 77.7 Å². The topological polar surface area (TPSA) is 86.5 Å². The monoisotopic (exact) mass is 339 g/mol. The fourth-order valence-corrected chi connectivity index (χ4v) is 4.42. The van der Waals surface area contributed by atoms with E-state index in [1.165, 1.54) is 0 Å². The molecule has 136 valence electrons. The molecule has 0 saturated heterocycles. The van der Waals surface area contributed by atoms with Gasteiger partial charge < -0.3 is 4.74 Å². The molecule has 0 amide bonds. The third-order valence-electron chi connectivity index (χ3n) is 5.43. The largest absolute Gasteiger partial charge is 0.459 e. The molecule has 0 aromatic rings. The Kier molecular flexibility index (Phi) is 5.66. The van der Waals surface area contributed by atoms with Crippen LogP contribution in [0.2, 0.25) is 0 Å². The number of nitrogens with zero attached hydrogens (tertiary/aromatic N) is 1. The highest BCUT2D eigenvalue weighted by atomic mass is 16.6. The number of hydrogen-bond acceptors (Lipinski definition) is 5. The summed E-state index contributed by atoms with van der Waals surface area (Å²) < 4.78 is 5.57. The van der Waals surface area contributed by atoms with Crippen molar-refractivity contribution in [1.29, 1.82) is 0 Å². The highest BCUT2D eigenvalue weighted by Gasteiger charge is 2.59. The molecular weight excluding hydrogens is 310 g/mol. The third-order valence-corrected chi connectivity index (χ3v) is 5.43. The molecule has 2 saturated carbocycles. The molecule has 6 nitrogen and oxygen atoms in total. The van der Waals surface area contributed by atoms with E-state index in [-0.39, 0.29) is 23.2 Å². The average Bonchev–Trinajstić information content (AvgIpc) is 2.86. The van der Waals surface area contributed by atoms with Gasteiger partial charge in [-0.2, -0.15) is 0 Å². The van der Waals surface area contributed by atoms with Crippen LogP contribution in [0.5, 0.6) is 0 Å². The lowest BCUT2D eigenvalue weighted by Gasteiger charge is -2.39. The van der Waals surface area contributed by atoms with Crippen molar-refractivity contribution < 1.29 is 19.2 Å². The number of nitro groups is 1. The van der Waals surface area contributed by atoms with Gasteiger partial charge in [-0.25, -0.2) is 0 Å². The summed E-state index contributed by atoms with van der Waals surface area (Å²) in [5.41, 5.74) is -2.03. The van der Waals surface area contributed by atoms with Gasteiger partial charge in [0.05, 0.1) is 0 Å². The van der Waals surface area contributed by atoms with Gasteiger partial charge in [0.1, 0.15) is 11.0 Å². The molecule has 2 rings (SSSR count). The summed E-state index contributed by atoms with van der Waals surface area (Å²) in [5.74, 6) is -1.19. The van der Waals surface area contributed by atoms with Crippen LogP contribution in [0.15, 0.2) is 0 Å². The second-order valence-electron chi connectivity index (χ2n) is 8.27. The van der Waals surface area contributed by atoms with Crippen LogP contribution in [-0.4, -0.2) is 28.8 Å². The first-order valence-electron chi connectivity index (χ1n) is 9.05. The van der Waals surface area contributed by atoms with Crippen molar-refractivity contribution >= 4 is 11.8 Å². The summed E-state index contributed by atoms with van der Waals surface area (Å²) in [6.07, 6.45) is 6.17. The maximum atomic E-state index is 13.0. The predicted molar refractivity (Wildman–Crippen MR) is 89.1 cm³/mol. The molecule has 0 aromatic heterocycles. The molecule has 0 N–H and O–H groups in total. The minimum atomic E-state index is -1.32. The molecule has 0 aromatic carbocycles. The summed E-state index contributed by atoms with van der Waals surface area (Å²) >= 11 is 0. The van der Waals surface area contributed by atoms with E-state index in [9.17, 15) is 19.7 Å². The van der Waals surface area contributed by atoms with E-state index in [1.54, 1.807) is 20.8 Å². The SMILES string of the molecule is CC(C)(C)OC(=O)[C@@]1([C@@H](C[N+](=O)[O-])C2CCCCC2)CCCC1=O. The van der Waals surface area contributed by atoms with Gasteiger partial charge in [-0.05, 0) is 52.4 Å². The number of ether oxygens (including phenoxy) is 1. The second kappa shape index (κ2) is 7.19. The quantitative estimate of drug-likeness (QED) is 0.331. The van der Waals surface area contributed by atoms with E-state index in [4.69, 9.17) is 4.74 Å². The number of esters is 1. The number of Topliss-reactive ketones (excluding diaryl/α,β-unsaturated/α-hetero) is 1. The Labute approximate surface area is 143 Å². The van der Waals surface area contributed by atoms with Gasteiger partial charge in [-0.3, -0.25) is 19.7 Å². The van der Waals surface area contributed by atoms with Gasteiger partial charge in [0.25, 0.3) is 0 Å². The van der Waals surface area contributed by atoms with Crippen LogP contribution < -0.4 is 0 Å². The number of hydrogen-bond donors (Lipinski definition) is 0. The molecule has 24 heavy (non-hydrogen) atoms. The van der Waals surface area contributed by atoms with Crippen LogP contribution in [0.3, 0.4) is 0 Å². The molecule has 2 atom stereocenters. The minimum Gasteiger partial charge on any atom is -0.459 e. The summed E-state index contributed by atoms with van der Waals surface area (Å²) in [6.45, 7) is 4.97. The van der Waals surface area contributed by atoms with Crippen molar-refractivity contribution in [2.75, 3.05) is 6.54 Å². The molecule has 2 aliphatic rings. The van der Waals surface area contributed by atoms with E-state index in [2.05, 4.69) is 0 Å². The molecule has 0 aliphatic heterocycles. The van der Waals surface area contributed by atoms with Gasteiger partial charge in [-0.1, -0.05) is 19.3 Å². The Balaban J connectivity index is 2.39. The molecule has 6 heteroatoms. The highest BCUT2D eigenvalue weighted by molar-refractivity contribution is 6.05. The van der Waals surface area contributed by atoms with Gasteiger partial charge in [0.15, 0.2) is 5.78 Å². The molecular formula is C18H29NO5. The van der Waals surface area contributed by atoms with E-state index in [1.807, 2.05) is 0 Å². The van der Waals surface area contributed by atoms with Gasteiger partial charge in [-0.15, -0.1) is 0 Å². The second-order valence-corrected chi connectivity index (χ2v) is 8.27. The van der Waals surface area contributed by atoms with Crippen LogP contribution in [0.25, 0.3) is 0 Å². The zero-order valence-electron chi connectivity index (χ0n) is 15.0. The molecule has 2 aliphatic carbocycles. The van der Waals surface area contributed by atoms with E-state index in [0.29, 0.717) is 19.3 Å². The first kappa shape index (κ1) is 18.9. The molecule has 2 fully saturated rings. The fourth-order valence-electron chi connectivity index (χ4n) is 4.42.